The first kappa shape index (κ1) is 14.9. The summed E-state index contributed by atoms with van der Waals surface area (Å²) in [7, 11) is 0. The van der Waals surface area contributed by atoms with Crippen molar-refractivity contribution in [1.82, 2.24) is 0 Å². The van der Waals surface area contributed by atoms with Crippen LogP contribution in [0.2, 0.25) is 5.02 Å². The predicted octanol–water partition coefficient (Wildman–Crippen LogP) is 4.29. The Kier molecular flexibility index (Phi) is 5.05. The van der Waals surface area contributed by atoms with E-state index in [1.165, 1.54) is 5.56 Å². The van der Waals surface area contributed by atoms with Crippen molar-refractivity contribution in [2.24, 2.45) is 5.73 Å². The first-order valence-corrected chi connectivity index (χ1v) is 7.16. The van der Waals surface area contributed by atoms with Gasteiger partial charge in [-0.3, -0.25) is 0 Å². The molecule has 0 radical (unpaired) electrons. The maximum atomic E-state index is 6.11. The highest BCUT2D eigenvalue weighted by molar-refractivity contribution is 6.32. The lowest BCUT2D eigenvalue weighted by atomic mass is 10.0. The first-order chi connectivity index (χ1) is 9.60. The van der Waals surface area contributed by atoms with Crippen LogP contribution in [0.4, 0.5) is 0 Å². The topological polar surface area (TPSA) is 35.2 Å². The van der Waals surface area contributed by atoms with Gasteiger partial charge in [-0.15, -0.1) is 0 Å². The summed E-state index contributed by atoms with van der Waals surface area (Å²) in [6.45, 7) is 5.32. The molecule has 0 aliphatic rings. The fourth-order valence-electron chi connectivity index (χ4n) is 1.96. The summed E-state index contributed by atoms with van der Waals surface area (Å²) in [4.78, 5) is 0. The van der Waals surface area contributed by atoms with Gasteiger partial charge in [0.15, 0.2) is 0 Å². The van der Waals surface area contributed by atoms with E-state index in [9.17, 15) is 0 Å². The summed E-state index contributed by atoms with van der Waals surface area (Å²) >= 11 is 6.11. The van der Waals surface area contributed by atoms with Gasteiger partial charge in [0.1, 0.15) is 12.4 Å². The van der Waals surface area contributed by atoms with Crippen molar-refractivity contribution in [2.75, 3.05) is 6.54 Å². The van der Waals surface area contributed by atoms with E-state index in [0.717, 1.165) is 16.9 Å². The van der Waals surface area contributed by atoms with Crippen LogP contribution in [0.3, 0.4) is 0 Å². The lowest BCUT2D eigenvalue weighted by Crippen LogP contribution is -2.08. The minimum atomic E-state index is 0.385. The molecule has 0 bridgehead atoms. The number of halogens is 1. The normalized spacial score (nSPS) is 12.2. The monoisotopic (exact) mass is 289 g/mol. The van der Waals surface area contributed by atoms with Gasteiger partial charge in [-0.2, -0.15) is 0 Å². The Balaban J connectivity index is 2.02. The number of ether oxygens (including phenoxy) is 1. The largest absolute Gasteiger partial charge is 0.487 e. The van der Waals surface area contributed by atoms with Crippen LogP contribution in [0.15, 0.2) is 42.5 Å². The molecule has 0 saturated heterocycles. The van der Waals surface area contributed by atoms with Crippen LogP contribution in [0, 0.1) is 6.92 Å². The second kappa shape index (κ2) is 6.78. The maximum absolute atomic E-state index is 6.11. The Labute approximate surface area is 125 Å². The van der Waals surface area contributed by atoms with Crippen LogP contribution >= 0.6 is 11.6 Å². The van der Waals surface area contributed by atoms with E-state index in [0.29, 0.717) is 24.1 Å². The molecule has 3 heteroatoms. The highest BCUT2D eigenvalue weighted by Gasteiger charge is 2.05. The zero-order valence-corrected chi connectivity index (χ0v) is 12.7. The highest BCUT2D eigenvalue weighted by Crippen LogP contribution is 2.26. The predicted molar refractivity (Wildman–Crippen MR) is 84.4 cm³/mol. The Hall–Kier alpha value is -1.51. The molecular formula is C17H20ClNO. The van der Waals surface area contributed by atoms with Gasteiger partial charge in [-0.05, 0) is 48.2 Å². The van der Waals surface area contributed by atoms with Gasteiger partial charge in [-0.25, -0.2) is 0 Å². The molecule has 2 aromatic carbocycles. The van der Waals surface area contributed by atoms with Crippen molar-refractivity contribution in [3.05, 3.63) is 64.2 Å². The third-order valence-electron chi connectivity index (χ3n) is 3.38. The molecule has 2 rings (SSSR count). The van der Waals surface area contributed by atoms with E-state index in [1.54, 1.807) is 0 Å². The average Bonchev–Trinajstić information content (AvgIpc) is 2.48. The standard InChI is InChI=1S/C17H20ClNO/c1-12-3-8-16(18)17(9-12)20-11-14-4-6-15(7-5-14)13(2)10-19/h3-9,13H,10-11,19H2,1-2H3. The second-order valence-electron chi connectivity index (χ2n) is 5.10. The van der Waals surface area contributed by atoms with Crippen molar-refractivity contribution in [2.45, 2.75) is 26.4 Å². The third kappa shape index (κ3) is 3.75. The summed E-state index contributed by atoms with van der Waals surface area (Å²) < 4.78 is 5.77. The molecule has 0 spiro atoms. The minimum absolute atomic E-state index is 0.385. The quantitative estimate of drug-likeness (QED) is 0.891. The van der Waals surface area contributed by atoms with Crippen molar-refractivity contribution in [3.8, 4) is 5.75 Å². The summed E-state index contributed by atoms with van der Waals surface area (Å²) in [5.41, 5.74) is 9.18. The Bertz CT molecular complexity index is 566. The third-order valence-corrected chi connectivity index (χ3v) is 3.70. The van der Waals surface area contributed by atoms with Crippen LogP contribution in [0.5, 0.6) is 5.75 Å². The molecule has 0 saturated carbocycles. The van der Waals surface area contributed by atoms with Crippen LogP contribution < -0.4 is 10.5 Å². The van der Waals surface area contributed by atoms with Gasteiger partial charge in [0.2, 0.25) is 0 Å². The van der Waals surface area contributed by atoms with Crippen LogP contribution in [-0.2, 0) is 6.61 Å². The number of hydrogen-bond acceptors (Lipinski definition) is 2. The van der Waals surface area contributed by atoms with Crippen LogP contribution in [0.25, 0.3) is 0 Å². The van der Waals surface area contributed by atoms with E-state index in [1.807, 2.05) is 25.1 Å². The van der Waals surface area contributed by atoms with E-state index in [2.05, 4.69) is 31.2 Å². The molecule has 2 aromatic rings. The van der Waals surface area contributed by atoms with E-state index in [-0.39, 0.29) is 0 Å². The van der Waals surface area contributed by atoms with E-state index in [4.69, 9.17) is 22.1 Å². The fraction of sp³-hybridized carbons (Fsp3) is 0.294. The lowest BCUT2D eigenvalue weighted by molar-refractivity contribution is 0.306. The van der Waals surface area contributed by atoms with Crippen LogP contribution in [0.1, 0.15) is 29.5 Å². The van der Waals surface area contributed by atoms with Gasteiger partial charge < -0.3 is 10.5 Å². The number of aryl methyl sites for hydroxylation is 1. The molecule has 106 valence electrons. The summed E-state index contributed by atoms with van der Waals surface area (Å²) in [6.07, 6.45) is 0. The zero-order valence-electron chi connectivity index (χ0n) is 11.9. The molecule has 0 fully saturated rings. The minimum Gasteiger partial charge on any atom is -0.487 e. The Morgan fingerprint density at radius 1 is 1.15 bits per heavy atom. The molecule has 20 heavy (non-hydrogen) atoms. The number of nitrogens with two attached hydrogens (primary N) is 1. The summed E-state index contributed by atoms with van der Waals surface area (Å²) in [5.74, 6) is 1.11. The summed E-state index contributed by atoms with van der Waals surface area (Å²) in [6, 6.07) is 14.1. The molecule has 0 aliphatic heterocycles. The smallest absolute Gasteiger partial charge is 0.138 e. The number of hydrogen-bond donors (Lipinski definition) is 1. The van der Waals surface area contributed by atoms with E-state index >= 15 is 0 Å². The van der Waals surface area contributed by atoms with Crippen molar-refractivity contribution in [1.29, 1.82) is 0 Å². The van der Waals surface area contributed by atoms with Gasteiger partial charge in [-0.1, -0.05) is 48.9 Å². The Morgan fingerprint density at radius 3 is 2.50 bits per heavy atom. The molecular weight excluding hydrogens is 270 g/mol. The molecule has 2 nitrogen and oxygen atoms in total. The first-order valence-electron chi connectivity index (χ1n) is 6.78. The van der Waals surface area contributed by atoms with Gasteiger partial charge >= 0.3 is 0 Å². The Morgan fingerprint density at radius 2 is 1.85 bits per heavy atom. The van der Waals surface area contributed by atoms with Crippen molar-refractivity contribution in [3.63, 3.8) is 0 Å². The molecule has 0 aliphatic carbocycles. The average molecular weight is 290 g/mol. The van der Waals surface area contributed by atoms with Crippen molar-refractivity contribution >= 4 is 11.6 Å². The maximum Gasteiger partial charge on any atom is 0.138 e. The second-order valence-corrected chi connectivity index (χ2v) is 5.51. The molecule has 0 heterocycles. The van der Waals surface area contributed by atoms with Gasteiger partial charge in [0.05, 0.1) is 5.02 Å². The fourth-order valence-corrected chi connectivity index (χ4v) is 2.13. The van der Waals surface area contributed by atoms with Crippen LogP contribution in [-0.4, -0.2) is 6.54 Å². The number of benzene rings is 2. The molecule has 0 aromatic heterocycles. The van der Waals surface area contributed by atoms with Gasteiger partial charge in [0, 0.05) is 0 Å². The lowest BCUT2D eigenvalue weighted by Gasteiger charge is -2.11. The SMILES string of the molecule is Cc1ccc(Cl)c(OCc2ccc(C(C)CN)cc2)c1. The molecule has 1 atom stereocenters. The number of rotatable bonds is 5. The van der Waals surface area contributed by atoms with Crippen molar-refractivity contribution < 1.29 is 4.74 Å². The highest BCUT2D eigenvalue weighted by atomic mass is 35.5. The zero-order chi connectivity index (χ0) is 14.5. The molecule has 0 amide bonds. The molecule has 1 unspecified atom stereocenters. The van der Waals surface area contributed by atoms with E-state index < -0.39 is 0 Å². The summed E-state index contributed by atoms with van der Waals surface area (Å²) in [5, 5.41) is 0.643. The van der Waals surface area contributed by atoms with Gasteiger partial charge in [0.25, 0.3) is 0 Å². The molecule has 2 N–H and O–H groups in total.